The van der Waals surface area contributed by atoms with Crippen molar-refractivity contribution in [1.82, 2.24) is 14.3 Å². The van der Waals surface area contributed by atoms with Gasteiger partial charge in [-0.2, -0.15) is 0 Å². The number of hydrogen-bond acceptors (Lipinski definition) is 5. The van der Waals surface area contributed by atoms with Crippen molar-refractivity contribution in [2.45, 2.75) is 11.8 Å². The molecule has 2 aromatic carbocycles. The predicted octanol–water partition coefficient (Wildman–Crippen LogP) is 3.54. The van der Waals surface area contributed by atoms with Gasteiger partial charge in [-0.1, -0.05) is 23.7 Å². The van der Waals surface area contributed by atoms with Crippen LogP contribution >= 0.6 is 11.6 Å². The van der Waals surface area contributed by atoms with Gasteiger partial charge < -0.3 is 9.30 Å². The molecule has 0 aliphatic carbocycles. The van der Waals surface area contributed by atoms with Crippen LogP contribution in [-0.2, 0) is 17.1 Å². The third-order valence-corrected chi connectivity index (χ3v) is 5.68. The number of benzene rings is 2. The Morgan fingerprint density at radius 2 is 1.83 bits per heavy atom. The first-order valence-electron chi connectivity index (χ1n) is 8.62. The van der Waals surface area contributed by atoms with E-state index < -0.39 is 33.1 Å². The SMILES string of the molecule is CCOc1c(Cl)cccc1S(=O)(=O)NC(=O)c1cn(C)c(-c2c(F)cccc2F)n1. The van der Waals surface area contributed by atoms with E-state index >= 15 is 0 Å². The van der Waals surface area contributed by atoms with Gasteiger partial charge >= 0.3 is 0 Å². The van der Waals surface area contributed by atoms with E-state index in [9.17, 15) is 22.0 Å². The standard InChI is InChI=1S/C19H16ClF2N3O4S/c1-3-29-17-11(20)6-4-9-15(17)30(27,28)24-19(26)14-10-25(2)18(23-14)16-12(21)7-5-8-13(16)22/h4-10H,3H2,1-2H3,(H,24,26). The molecule has 0 spiro atoms. The van der Waals surface area contributed by atoms with Crippen molar-refractivity contribution >= 4 is 27.5 Å². The molecule has 11 heteroatoms. The van der Waals surface area contributed by atoms with Crippen LogP contribution in [0.4, 0.5) is 8.78 Å². The van der Waals surface area contributed by atoms with Crippen molar-refractivity contribution in [2.75, 3.05) is 6.61 Å². The Kier molecular flexibility index (Phi) is 6.09. The highest BCUT2D eigenvalue weighted by atomic mass is 35.5. The summed E-state index contributed by atoms with van der Waals surface area (Å²) in [5.74, 6) is -3.11. The molecule has 3 aromatic rings. The molecule has 0 aliphatic heterocycles. The van der Waals surface area contributed by atoms with Crippen molar-refractivity contribution in [3.05, 3.63) is 64.9 Å². The minimum atomic E-state index is -4.37. The van der Waals surface area contributed by atoms with E-state index in [1.54, 1.807) is 6.92 Å². The maximum absolute atomic E-state index is 14.1. The summed E-state index contributed by atoms with van der Waals surface area (Å²) < 4.78 is 61.9. The third kappa shape index (κ3) is 4.14. The molecule has 7 nitrogen and oxygen atoms in total. The first-order chi connectivity index (χ1) is 14.2. The lowest BCUT2D eigenvalue weighted by Gasteiger charge is -2.12. The number of aryl methyl sites for hydroxylation is 1. The van der Waals surface area contributed by atoms with Gasteiger partial charge in [0.25, 0.3) is 15.9 Å². The van der Waals surface area contributed by atoms with Crippen molar-refractivity contribution in [2.24, 2.45) is 7.05 Å². The zero-order chi connectivity index (χ0) is 22.1. The van der Waals surface area contributed by atoms with Gasteiger partial charge in [0.2, 0.25) is 0 Å². The second kappa shape index (κ2) is 8.41. The minimum absolute atomic E-state index is 0.0577. The molecule has 1 aromatic heterocycles. The van der Waals surface area contributed by atoms with Crippen molar-refractivity contribution in [1.29, 1.82) is 0 Å². The van der Waals surface area contributed by atoms with Gasteiger partial charge in [0, 0.05) is 13.2 Å². The molecule has 3 rings (SSSR count). The lowest BCUT2D eigenvalue weighted by atomic mass is 10.2. The van der Waals surface area contributed by atoms with Gasteiger partial charge in [0.05, 0.1) is 17.2 Å². The van der Waals surface area contributed by atoms with Crippen LogP contribution in [0.25, 0.3) is 11.4 Å². The number of nitrogens with zero attached hydrogens (tertiary/aromatic N) is 2. The van der Waals surface area contributed by atoms with E-state index in [-0.39, 0.29) is 33.8 Å². The van der Waals surface area contributed by atoms with Gasteiger partial charge in [0.15, 0.2) is 5.75 Å². The van der Waals surface area contributed by atoms with E-state index in [2.05, 4.69) is 4.98 Å². The van der Waals surface area contributed by atoms with Crippen molar-refractivity contribution < 1.29 is 26.7 Å². The Bertz CT molecular complexity index is 1210. The molecular formula is C19H16ClF2N3O4S. The molecule has 0 saturated heterocycles. The lowest BCUT2D eigenvalue weighted by molar-refractivity contribution is 0.0977. The molecule has 0 aliphatic rings. The number of aromatic nitrogens is 2. The van der Waals surface area contributed by atoms with Gasteiger partial charge in [-0.25, -0.2) is 26.9 Å². The van der Waals surface area contributed by atoms with Crippen LogP contribution in [0.3, 0.4) is 0 Å². The Hall–Kier alpha value is -2.98. The number of imidazole rings is 1. The third-order valence-electron chi connectivity index (χ3n) is 4.03. The Balaban J connectivity index is 1.95. The fraction of sp³-hybridized carbons (Fsp3) is 0.158. The topological polar surface area (TPSA) is 90.3 Å². The van der Waals surface area contributed by atoms with Crippen LogP contribution in [0.5, 0.6) is 5.75 Å². The summed E-state index contributed by atoms with van der Waals surface area (Å²) in [6.07, 6.45) is 1.16. The number of ether oxygens (including phenoxy) is 1. The zero-order valence-corrected chi connectivity index (χ0v) is 17.4. The molecule has 1 N–H and O–H groups in total. The van der Waals surface area contributed by atoms with Crippen LogP contribution in [0.2, 0.25) is 5.02 Å². The molecule has 0 radical (unpaired) electrons. The minimum Gasteiger partial charge on any atom is -0.491 e. The number of carbonyl (C=O) groups excluding carboxylic acids is 1. The van der Waals surface area contributed by atoms with E-state index in [0.717, 1.165) is 18.3 Å². The van der Waals surface area contributed by atoms with E-state index in [4.69, 9.17) is 16.3 Å². The molecule has 1 heterocycles. The summed E-state index contributed by atoms with van der Waals surface area (Å²) in [5, 5.41) is 0.0577. The molecule has 0 saturated carbocycles. The first kappa shape index (κ1) is 21.7. The Morgan fingerprint density at radius 3 is 2.47 bits per heavy atom. The highest BCUT2D eigenvalue weighted by Gasteiger charge is 2.26. The van der Waals surface area contributed by atoms with Crippen LogP contribution in [0.15, 0.2) is 47.5 Å². The van der Waals surface area contributed by atoms with Crippen molar-refractivity contribution in [3.8, 4) is 17.1 Å². The number of rotatable bonds is 6. The molecule has 0 fully saturated rings. The van der Waals surface area contributed by atoms with Crippen LogP contribution in [0, 0.1) is 11.6 Å². The molecule has 1 amide bonds. The van der Waals surface area contributed by atoms with E-state index in [1.807, 2.05) is 4.72 Å². The maximum Gasteiger partial charge on any atom is 0.285 e. The Labute approximate surface area is 176 Å². The molecule has 30 heavy (non-hydrogen) atoms. The van der Waals surface area contributed by atoms with Crippen LogP contribution in [0.1, 0.15) is 17.4 Å². The van der Waals surface area contributed by atoms with E-state index in [1.165, 1.54) is 35.9 Å². The van der Waals surface area contributed by atoms with Crippen molar-refractivity contribution in [3.63, 3.8) is 0 Å². The average Bonchev–Trinajstić information content (AvgIpc) is 3.04. The average molecular weight is 456 g/mol. The predicted molar refractivity (Wildman–Crippen MR) is 106 cm³/mol. The lowest BCUT2D eigenvalue weighted by Crippen LogP contribution is -2.31. The molecule has 158 valence electrons. The zero-order valence-electron chi connectivity index (χ0n) is 15.8. The van der Waals surface area contributed by atoms with E-state index in [0.29, 0.717) is 0 Å². The summed E-state index contributed by atoms with van der Waals surface area (Å²) in [6, 6.07) is 7.35. The van der Waals surface area contributed by atoms with Gasteiger partial charge in [0.1, 0.15) is 28.0 Å². The molecule has 0 atom stereocenters. The number of nitrogens with one attached hydrogen (secondary N) is 1. The Morgan fingerprint density at radius 1 is 1.20 bits per heavy atom. The highest BCUT2D eigenvalue weighted by Crippen LogP contribution is 2.32. The summed E-state index contributed by atoms with van der Waals surface area (Å²) in [5.41, 5.74) is -0.783. The fourth-order valence-corrected chi connectivity index (χ4v) is 4.15. The monoisotopic (exact) mass is 455 g/mol. The maximum atomic E-state index is 14.1. The second-order valence-electron chi connectivity index (χ2n) is 6.09. The van der Waals surface area contributed by atoms with Gasteiger partial charge in [-0.05, 0) is 31.2 Å². The fourth-order valence-electron chi connectivity index (χ4n) is 2.73. The summed E-state index contributed by atoms with van der Waals surface area (Å²) in [4.78, 5) is 16.1. The molecular weight excluding hydrogens is 440 g/mol. The summed E-state index contributed by atoms with van der Waals surface area (Å²) in [6.45, 7) is 1.80. The number of carbonyl (C=O) groups is 1. The quantitative estimate of drug-likeness (QED) is 0.614. The van der Waals surface area contributed by atoms with Crippen LogP contribution in [-0.4, -0.2) is 30.5 Å². The smallest absolute Gasteiger partial charge is 0.285 e. The van der Waals surface area contributed by atoms with Gasteiger partial charge in [-0.3, -0.25) is 4.79 Å². The summed E-state index contributed by atoms with van der Waals surface area (Å²) in [7, 11) is -2.95. The summed E-state index contributed by atoms with van der Waals surface area (Å²) >= 11 is 6.00. The number of sulfonamides is 1. The highest BCUT2D eigenvalue weighted by molar-refractivity contribution is 7.90. The number of para-hydroxylation sites is 1. The first-order valence-corrected chi connectivity index (χ1v) is 10.5. The molecule has 0 unspecified atom stereocenters. The van der Waals surface area contributed by atoms with Crippen LogP contribution < -0.4 is 9.46 Å². The normalized spacial score (nSPS) is 11.4. The molecule has 0 bridgehead atoms. The van der Waals surface area contributed by atoms with Gasteiger partial charge in [-0.15, -0.1) is 0 Å². The number of halogens is 3. The second-order valence-corrected chi connectivity index (χ2v) is 8.15. The number of amides is 1. The largest absolute Gasteiger partial charge is 0.491 e. The number of hydrogen-bond donors (Lipinski definition) is 1.